The lowest BCUT2D eigenvalue weighted by Gasteiger charge is -2.06. The second-order valence-corrected chi connectivity index (χ2v) is 4.90. The van der Waals surface area contributed by atoms with Gasteiger partial charge in [0.1, 0.15) is 0 Å². The van der Waals surface area contributed by atoms with Gasteiger partial charge in [0.25, 0.3) is 0 Å². The van der Waals surface area contributed by atoms with Crippen LogP contribution in [-0.4, -0.2) is 43.8 Å². The third-order valence-electron chi connectivity index (χ3n) is 2.37. The molecule has 0 atom stereocenters. The van der Waals surface area contributed by atoms with Crippen LogP contribution in [0.1, 0.15) is 15.9 Å². The third-order valence-corrected chi connectivity index (χ3v) is 3.33. The summed E-state index contributed by atoms with van der Waals surface area (Å²) in [6, 6.07) is 5.47. The van der Waals surface area contributed by atoms with Crippen LogP contribution in [0.2, 0.25) is 0 Å². The zero-order valence-electron chi connectivity index (χ0n) is 10.6. The Bertz CT molecular complexity index is 393. The van der Waals surface area contributed by atoms with Gasteiger partial charge in [0.2, 0.25) is 0 Å². The summed E-state index contributed by atoms with van der Waals surface area (Å²) in [5.41, 5.74) is 1.14. The molecule has 0 bridgehead atoms. The van der Waals surface area contributed by atoms with Crippen LogP contribution in [0.5, 0.6) is 0 Å². The van der Waals surface area contributed by atoms with E-state index in [4.69, 9.17) is 14.6 Å². The number of hydrogen-bond acceptors (Lipinski definition) is 4. The number of thioether (sulfide) groups is 1. The zero-order valence-corrected chi connectivity index (χ0v) is 11.5. The van der Waals surface area contributed by atoms with Crippen LogP contribution in [0.15, 0.2) is 23.1 Å². The van der Waals surface area contributed by atoms with Gasteiger partial charge >= 0.3 is 5.97 Å². The summed E-state index contributed by atoms with van der Waals surface area (Å²) in [7, 11) is 1.64. The predicted molar refractivity (Wildman–Crippen MR) is 71.6 cm³/mol. The van der Waals surface area contributed by atoms with Gasteiger partial charge in [-0.1, -0.05) is 6.07 Å². The lowest BCUT2D eigenvalue weighted by Crippen LogP contribution is -2.04. The molecule has 0 unspecified atom stereocenters. The van der Waals surface area contributed by atoms with Crippen LogP contribution < -0.4 is 0 Å². The second-order valence-electron chi connectivity index (χ2n) is 3.74. The van der Waals surface area contributed by atoms with E-state index in [9.17, 15) is 4.79 Å². The fourth-order valence-electron chi connectivity index (χ4n) is 1.38. The van der Waals surface area contributed by atoms with E-state index in [0.717, 1.165) is 16.2 Å². The Kier molecular flexibility index (Phi) is 6.78. The first-order valence-electron chi connectivity index (χ1n) is 5.68. The molecule has 18 heavy (non-hydrogen) atoms. The Morgan fingerprint density at radius 1 is 1.33 bits per heavy atom. The van der Waals surface area contributed by atoms with Crippen LogP contribution in [0.4, 0.5) is 0 Å². The number of carbonyl (C=O) groups is 1. The van der Waals surface area contributed by atoms with Crippen LogP contribution >= 0.6 is 11.8 Å². The SMILES string of the molecule is COCCOCCSc1ccc(C)c(C(=O)O)c1. The number of aromatic carboxylic acids is 1. The molecule has 0 aromatic heterocycles. The number of benzene rings is 1. The molecule has 0 heterocycles. The molecule has 0 radical (unpaired) electrons. The summed E-state index contributed by atoms with van der Waals surface area (Å²) in [4.78, 5) is 11.9. The average molecular weight is 270 g/mol. The third kappa shape index (κ3) is 5.08. The zero-order chi connectivity index (χ0) is 13.4. The highest BCUT2D eigenvalue weighted by Crippen LogP contribution is 2.21. The summed E-state index contributed by atoms with van der Waals surface area (Å²) < 4.78 is 10.2. The van der Waals surface area contributed by atoms with Crippen molar-refractivity contribution in [3.63, 3.8) is 0 Å². The second kappa shape index (κ2) is 8.13. The van der Waals surface area contributed by atoms with Crippen molar-refractivity contribution in [2.75, 3.05) is 32.7 Å². The summed E-state index contributed by atoms with van der Waals surface area (Å²) in [6.45, 7) is 3.61. The van der Waals surface area contributed by atoms with Gasteiger partial charge in [-0.15, -0.1) is 11.8 Å². The minimum atomic E-state index is -0.883. The van der Waals surface area contributed by atoms with Crippen molar-refractivity contribution in [1.29, 1.82) is 0 Å². The largest absolute Gasteiger partial charge is 0.478 e. The number of hydrogen-bond donors (Lipinski definition) is 1. The molecular weight excluding hydrogens is 252 g/mol. The molecule has 0 saturated carbocycles. The predicted octanol–water partition coefficient (Wildman–Crippen LogP) is 2.45. The van der Waals surface area contributed by atoms with E-state index in [0.29, 0.717) is 25.4 Å². The first kappa shape index (κ1) is 15.0. The van der Waals surface area contributed by atoms with Gasteiger partial charge < -0.3 is 14.6 Å². The normalized spacial score (nSPS) is 10.6. The van der Waals surface area contributed by atoms with E-state index in [2.05, 4.69) is 0 Å². The summed E-state index contributed by atoms with van der Waals surface area (Å²) in [5, 5.41) is 9.01. The lowest BCUT2D eigenvalue weighted by atomic mass is 10.1. The molecule has 100 valence electrons. The molecule has 1 N–H and O–H groups in total. The minimum Gasteiger partial charge on any atom is -0.478 e. The van der Waals surface area contributed by atoms with Crippen molar-refractivity contribution in [3.05, 3.63) is 29.3 Å². The first-order chi connectivity index (χ1) is 8.65. The van der Waals surface area contributed by atoms with Crippen molar-refractivity contribution < 1.29 is 19.4 Å². The Morgan fingerprint density at radius 2 is 2.11 bits per heavy atom. The molecule has 0 aliphatic heterocycles. The number of methoxy groups -OCH3 is 1. The number of rotatable bonds is 8. The first-order valence-corrected chi connectivity index (χ1v) is 6.67. The van der Waals surface area contributed by atoms with Gasteiger partial charge in [0.15, 0.2) is 0 Å². The smallest absolute Gasteiger partial charge is 0.335 e. The minimum absolute atomic E-state index is 0.361. The van der Waals surface area contributed by atoms with Gasteiger partial charge in [-0.25, -0.2) is 4.79 Å². The van der Waals surface area contributed by atoms with E-state index in [1.165, 1.54) is 0 Å². The van der Waals surface area contributed by atoms with Crippen molar-refractivity contribution in [1.82, 2.24) is 0 Å². The van der Waals surface area contributed by atoms with Gasteiger partial charge in [0.05, 0.1) is 25.4 Å². The molecule has 4 nitrogen and oxygen atoms in total. The lowest BCUT2D eigenvalue weighted by molar-refractivity contribution is 0.0696. The summed E-state index contributed by atoms with van der Waals surface area (Å²) >= 11 is 1.59. The Labute approximate surface area is 111 Å². The molecule has 1 aromatic rings. The fraction of sp³-hybridized carbons (Fsp3) is 0.462. The number of carboxylic acid groups (broad SMARTS) is 1. The van der Waals surface area contributed by atoms with Crippen LogP contribution in [0.3, 0.4) is 0 Å². The number of ether oxygens (including phenoxy) is 2. The molecule has 1 aromatic carbocycles. The topological polar surface area (TPSA) is 55.8 Å². The van der Waals surface area contributed by atoms with Gasteiger partial charge in [-0.3, -0.25) is 0 Å². The molecular formula is C13H18O4S. The van der Waals surface area contributed by atoms with E-state index in [-0.39, 0.29) is 0 Å². The van der Waals surface area contributed by atoms with Crippen LogP contribution in [0.25, 0.3) is 0 Å². The Hall–Kier alpha value is -1.04. The Morgan fingerprint density at radius 3 is 2.78 bits per heavy atom. The number of aryl methyl sites for hydroxylation is 1. The molecule has 0 aliphatic carbocycles. The molecule has 0 amide bonds. The van der Waals surface area contributed by atoms with Gasteiger partial charge in [0, 0.05) is 17.8 Å². The average Bonchev–Trinajstić information content (AvgIpc) is 2.35. The molecule has 0 spiro atoms. The maximum atomic E-state index is 11.0. The van der Waals surface area contributed by atoms with Gasteiger partial charge in [-0.2, -0.15) is 0 Å². The molecule has 5 heteroatoms. The highest BCUT2D eigenvalue weighted by Gasteiger charge is 2.07. The standard InChI is InChI=1S/C13H18O4S/c1-10-3-4-11(9-12(10)13(14)15)18-8-7-17-6-5-16-2/h3-4,9H,5-8H2,1-2H3,(H,14,15). The van der Waals surface area contributed by atoms with Gasteiger partial charge in [-0.05, 0) is 24.6 Å². The van der Waals surface area contributed by atoms with E-state index in [1.54, 1.807) is 31.9 Å². The van der Waals surface area contributed by atoms with Crippen molar-refractivity contribution in [3.8, 4) is 0 Å². The number of carboxylic acids is 1. The van der Waals surface area contributed by atoms with Crippen LogP contribution in [0, 0.1) is 6.92 Å². The molecule has 0 aliphatic rings. The van der Waals surface area contributed by atoms with E-state index in [1.807, 2.05) is 12.1 Å². The quantitative estimate of drug-likeness (QED) is 0.581. The summed E-state index contributed by atoms with van der Waals surface area (Å²) in [5.74, 6) is -0.0856. The maximum Gasteiger partial charge on any atom is 0.335 e. The molecule has 0 fully saturated rings. The summed E-state index contributed by atoms with van der Waals surface area (Å²) in [6.07, 6.45) is 0. The van der Waals surface area contributed by atoms with Crippen molar-refractivity contribution in [2.45, 2.75) is 11.8 Å². The van der Waals surface area contributed by atoms with Crippen molar-refractivity contribution in [2.24, 2.45) is 0 Å². The van der Waals surface area contributed by atoms with Crippen LogP contribution in [-0.2, 0) is 9.47 Å². The molecule has 0 saturated heterocycles. The van der Waals surface area contributed by atoms with Crippen molar-refractivity contribution >= 4 is 17.7 Å². The monoisotopic (exact) mass is 270 g/mol. The van der Waals surface area contributed by atoms with E-state index >= 15 is 0 Å². The maximum absolute atomic E-state index is 11.0. The van der Waals surface area contributed by atoms with E-state index < -0.39 is 5.97 Å². The highest BCUT2D eigenvalue weighted by atomic mass is 32.2. The highest BCUT2D eigenvalue weighted by molar-refractivity contribution is 7.99. The Balaban J connectivity index is 2.38. The molecule has 1 rings (SSSR count). The fourth-order valence-corrected chi connectivity index (χ4v) is 2.19.